The van der Waals surface area contributed by atoms with Gasteiger partial charge in [0.2, 0.25) is 0 Å². The fourth-order valence-electron chi connectivity index (χ4n) is 1.70. The molecule has 0 saturated heterocycles. The zero-order valence-electron chi connectivity index (χ0n) is 9.61. The van der Waals surface area contributed by atoms with Crippen molar-refractivity contribution in [1.82, 2.24) is 0 Å². The van der Waals surface area contributed by atoms with Gasteiger partial charge in [-0.1, -0.05) is 47.5 Å². The van der Waals surface area contributed by atoms with E-state index in [9.17, 15) is 5.11 Å². The van der Waals surface area contributed by atoms with Gasteiger partial charge in [-0.3, -0.25) is 0 Å². The monoisotopic (exact) mass is 281 g/mol. The zero-order valence-corrected chi connectivity index (χ0v) is 11.1. The number of aliphatic hydroxyl groups excluding tert-OH is 1. The molecule has 0 aliphatic heterocycles. The minimum atomic E-state index is -0.206. The topological polar surface area (TPSA) is 32.3 Å². The number of para-hydroxylation sites is 1. The number of nitrogens with one attached hydrogen (secondary N) is 1. The Balaban J connectivity index is 2.20. The normalized spacial score (nSPS) is 12.2. The van der Waals surface area contributed by atoms with E-state index in [0.29, 0.717) is 10.0 Å². The largest absolute Gasteiger partial charge is 0.394 e. The van der Waals surface area contributed by atoms with Crippen LogP contribution < -0.4 is 5.32 Å². The van der Waals surface area contributed by atoms with Gasteiger partial charge in [-0.25, -0.2) is 0 Å². The summed E-state index contributed by atoms with van der Waals surface area (Å²) in [6, 6.07) is 14.6. The number of rotatable bonds is 4. The molecule has 1 atom stereocenters. The first-order chi connectivity index (χ1) is 8.70. The third-order valence-corrected chi connectivity index (χ3v) is 3.24. The van der Waals surface area contributed by atoms with E-state index in [2.05, 4.69) is 5.32 Å². The van der Waals surface area contributed by atoms with Gasteiger partial charge in [0.1, 0.15) is 0 Å². The Bertz CT molecular complexity index is 513. The number of anilines is 1. The summed E-state index contributed by atoms with van der Waals surface area (Å²) in [5, 5.41) is 14.0. The van der Waals surface area contributed by atoms with E-state index in [4.69, 9.17) is 23.2 Å². The van der Waals surface area contributed by atoms with Gasteiger partial charge in [-0.15, -0.1) is 0 Å². The van der Waals surface area contributed by atoms with Crippen molar-refractivity contribution >= 4 is 28.9 Å². The molecule has 94 valence electrons. The van der Waals surface area contributed by atoms with E-state index >= 15 is 0 Å². The van der Waals surface area contributed by atoms with Crippen LogP contribution in [0.3, 0.4) is 0 Å². The summed E-state index contributed by atoms with van der Waals surface area (Å²) in [7, 11) is 0. The fraction of sp³-hybridized carbons (Fsp3) is 0.143. The molecule has 2 rings (SSSR count). The van der Waals surface area contributed by atoms with Gasteiger partial charge in [0.25, 0.3) is 0 Å². The first-order valence-electron chi connectivity index (χ1n) is 5.58. The predicted octanol–water partition coefficient (Wildman–Crippen LogP) is 4.14. The maximum absolute atomic E-state index is 9.46. The number of hydrogen-bond acceptors (Lipinski definition) is 2. The van der Waals surface area contributed by atoms with Crippen molar-refractivity contribution in [3.8, 4) is 0 Å². The molecule has 0 bridgehead atoms. The highest BCUT2D eigenvalue weighted by molar-refractivity contribution is 6.33. The predicted molar refractivity (Wildman–Crippen MR) is 76.4 cm³/mol. The summed E-state index contributed by atoms with van der Waals surface area (Å²) < 4.78 is 0. The molecule has 0 aromatic heterocycles. The van der Waals surface area contributed by atoms with E-state index in [1.165, 1.54) is 0 Å². The Morgan fingerprint density at radius 2 is 1.67 bits per heavy atom. The Hall–Kier alpha value is -1.22. The maximum atomic E-state index is 9.46. The molecule has 0 spiro atoms. The third kappa shape index (κ3) is 3.16. The zero-order chi connectivity index (χ0) is 13.0. The van der Waals surface area contributed by atoms with Gasteiger partial charge >= 0.3 is 0 Å². The van der Waals surface area contributed by atoms with Gasteiger partial charge in [-0.05, 0) is 29.8 Å². The lowest BCUT2D eigenvalue weighted by atomic mass is 10.1. The third-order valence-electron chi connectivity index (χ3n) is 2.66. The van der Waals surface area contributed by atoms with Crippen LogP contribution in [0.2, 0.25) is 10.0 Å². The number of aliphatic hydroxyl groups is 1. The lowest BCUT2D eigenvalue weighted by Gasteiger charge is -2.19. The van der Waals surface area contributed by atoms with Crippen LogP contribution in [0.4, 0.5) is 5.69 Å². The van der Waals surface area contributed by atoms with Crippen molar-refractivity contribution in [3.05, 3.63) is 64.1 Å². The van der Waals surface area contributed by atoms with Crippen LogP contribution in [0.15, 0.2) is 48.5 Å². The SMILES string of the molecule is OCC(Nc1ccccc1Cl)c1ccc(Cl)cc1. The van der Waals surface area contributed by atoms with E-state index in [-0.39, 0.29) is 12.6 Å². The first-order valence-corrected chi connectivity index (χ1v) is 6.33. The highest BCUT2D eigenvalue weighted by Gasteiger charge is 2.11. The first kappa shape index (κ1) is 13.2. The van der Waals surface area contributed by atoms with Crippen molar-refractivity contribution < 1.29 is 5.11 Å². The second-order valence-corrected chi connectivity index (χ2v) is 4.75. The summed E-state index contributed by atoms with van der Waals surface area (Å²) in [5.41, 5.74) is 1.76. The van der Waals surface area contributed by atoms with E-state index < -0.39 is 0 Å². The molecule has 0 fully saturated rings. The van der Waals surface area contributed by atoms with Crippen LogP contribution in [0.1, 0.15) is 11.6 Å². The van der Waals surface area contributed by atoms with Crippen LogP contribution >= 0.6 is 23.2 Å². The average Bonchev–Trinajstić information content (AvgIpc) is 2.39. The molecule has 18 heavy (non-hydrogen) atoms. The fourth-order valence-corrected chi connectivity index (χ4v) is 2.01. The Morgan fingerprint density at radius 1 is 1.00 bits per heavy atom. The minimum absolute atomic E-state index is 0.0210. The second-order valence-electron chi connectivity index (χ2n) is 3.91. The molecule has 2 N–H and O–H groups in total. The minimum Gasteiger partial charge on any atom is -0.394 e. The Morgan fingerprint density at radius 3 is 2.28 bits per heavy atom. The van der Waals surface area contributed by atoms with Gasteiger partial charge in [0.05, 0.1) is 23.4 Å². The van der Waals surface area contributed by atoms with Gasteiger partial charge in [0.15, 0.2) is 0 Å². The molecule has 2 aromatic rings. The molecule has 1 unspecified atom stereocenters. The highest BCUT2D eigenvalue weighted by atomic mass is 35.5. The molecule has 0 radical (unpaired) electrons. The number of benzene rings is 2. The smallest absolute Gasteiger partial charge is 0.0745 e. The molecule has 2 aromatic carbocycles. The van der Waals surface area contributed by atoms with E-state index in [1.807, 2.05) is 30.3 Å². The summed E-state index contributed by atoms with van der Waals surface area (Å²) >= 11 is 11.9. The maximum Gasteiger partial charge on any atom is 0.0745 e. The van der Waals surface area contributed by atoms with Crippen molar-refractivity contribution in [1.29, 1.82) is 0 Å². The molecule has 4 heteroatoms. The van der Waals surface area contributed by atoms with E-state index in [0.717, 1.165) is 11.3 Å². The summed E-state index contributed by atoms with van der Waals surface area (Å²) in [6.45, 7) is -0.0210. The van der Waals surface area contributed by atoms with Crippen LogP contribution in [0.5, 0.6) is 0 Å². The molecular formula is C14H13Cl2NO. The van der Waals surface area contributed by atoms with Crippen LogP contribution in [0.25, 0.3) is 0 Å². The van der Waals surface area contributed by atoms with Crippen molar-refractivity contribution in [3.63, 3.8) is 0 Å². The van der Waals surface area contributed by atoms with Crippen LogP contribution in [-0.2, 0) is 0 Å². The average molecular weight is 282 g/mol. The Kier molecular flexibility index (Phi) is 4.48. The van der Waals surface area contributed by atoms with Crippen molar-refractivity contribution in [2.24, 2.45) is 0 Å². The van der Waals surface area contributed by atoms with Gasteiger partial charge in [-0.2, -0.15) is 0 Å². The highest BCUT2D eigenvalue weighted by Crippen LogP contribution is 2.26. The number of halogens is 2. The molecule has 2 nitrogen and oxygen atoms in total. The van der Waals surface area contributed by atoms with Gasteiger partial charge in [0, 0.05) is 5.02 Å². The summed E-state index contributed by atoms with van der Waals surface area (Å²) in [4.78, 5) is 0. The lowest BCUT2D eigenvalue weighted by Crippen LogP contribution is -2.14. The number of hydrogen-bond donors (Lipinski definition) is 2. The Labute approximate surface area is 116 Å². The summed E-state index contributed by atoms with van der Waals surface area (Å²) in [6.07, 6.45) is 0. The van der Waals surface area contributed by atoms with Crippen molar-refractivity contribution in [2.75, 3.05) is 11.9 Å². The molecular weight excluding hydrogens is 269 g/mol. The quantitative estimate of drug-likeness (QED) is 0.883. The standard InChI is InChI=1S/C14H13Cl2NO/c15-11-7-5-10(6-8-11)14(9-18)17-13-4-2-1-3-12(13)16/h1-8,14,17-18H,9H2. The lowest BCUT2D eigenvalue weighted by molar-refractivity contribution is 0.276. The van der Waals surface area contributed by atoms with Crippen LogP contribution in [0, 0.1) is 0 Å². The molecule has 0 amide bonds. The summed E-state index contributed by atoms with van der Waals surface area (Å²) in [5.74, 6) is 0. The molecule has 0 saturated carbocycles. The van der Waals surface area contributed by atoms with Gasteiger partial charge < -0.3 is 10.4 Å². The molecule has 0 heterocycles. The van der Waals surface area contributed by atoms with Crippen LogP contribution in [-0.4, -0.2) is 11.7 Å². The second kappa shape index (κ2) is 6.10. The van der Waals surface area contributed by atoms with Crippen molar-refractivity contribution in [2.45, 2.75) is 6.04 Å². The molecule has 0 aliphatic rings. The van der Waals surface area contributed by atoms with E-state index in [1.54, 1.807) is 18.2 Å². The molecule has 0 aliphatic carbocycles.